The molecule has 0 aliphatic rings. The molecule has 0 bridgehead atoms. The van der Waals surface area contributed by atoms with Gasteiger partial charge in [0.1, 0.15) is 11.6 Å². The Morgan fingerprint density at radius 1 is 1.06 bits per heavy atom. The summed E-state index contributed by atoms with van der Waals surface area (Å²) in [6.45, 7) is 1.84. The molecule has 0 atom stereocenters. The van der Waals surface area contributed by atoms with E-state index < -0.39 is 11.6 Å². The van der Waals surface area contributed by atoms with Crippen LogP contribution < -0.4 is 11.1 Å². The average Bonchev–Trinajstić information content (AvgIpc) is 2.23. The summed E-state index contributed by atoms with van der Waals surface area (Å²) in [5.74, 6) is -1.23. The van der Waals surface area contributed by atoms with Crippen LogP contribution in [0.2, 0.25) is 0 Å². The molecule has 0 fully saturated rings. The van der Waals surface area contributed by atoms with E-state index in [0.717, 1.165) is 17.3 Å². The van der Waals surface area contributed by atoms with Gasteiger partial charge in [-0.25, -0.2) is 8.78 Å². The maximum Gasteiger partial charge on any atom is 0.128 e. The number of hydrogen-bond acceptors (Lipinski definition) is 2. The van der Waals surface area contributed by atoms with Crippen molar-refractivity contribution in [2.24, 2.45) is 0 Å². The van der Waals surface area contributed by atoms with Crippen LogP contribution in [-0.4, -0.2) is 0 Å². The quantitative estimate of drug-likeness (QED) is 0.779. The van der Waals surface area contributed by atoms with Gasteiger partial charge in [-0.15, -0.1) is 0 Å². The van der Waals surface area contributed by atoms with E-state index >= 15 is 0 Å². The largest absolute Gasteiger partial charge is 0.398 e. The zero-order chi connectivity index (χ0) is 12.4. The molecule has 0 radical (unpaired) electrons. The lowest BCUT2D eigenvalue weighted by atomic mass is 10.1. The van der Waals surface area contributed by atoms with Crippen molar-refractivity contribution >= 4 is 17.1 Å². The van der Waals surface area contributed by atoms with Gasteiger partial charge in [-0.2, -0.15) is 0 Å². The van der Waals surface area contributed by atoms with Crippen LogP contribution in [0.5, 0.6) is 0 Å². The van der Waals surface area contributed by atoms with E-state index in [1.807, 2.05) is 6.92 Å². The maximum atomic E-state index is 13.0. The predicted molar refractivity (Wildman–Crippen MR) is 65.2 cm³/mol. The van der Waals surface area contributed by atoms with E-state index in [9.17, 15) is 8.78 Å². The Morgan fingerprint density at radius 2 is 1.71 bits per heavy atom. The highest BCUT2D eigenvalue weighted by atomic mass is 19.1. The number of hydrogen-bond donors (Lipinski definition) is 2. The van der Waals surface area contributed by atoms with Gasteiger partial charge in [0.25, 0.3) is 0 Å². The molecule has 0 amide bonds. The molecule has 0 saturated carbocycles. The van der Waals surface area contributed by atoms with E-state index in [1.54, 1.807) is 18.2 Å². The van der Waals surface area contributed by atoms with Crippen LogP contribution in [0.25, 0.3) is 0 Å². The summed E-state index contributed by atoms with van der Waals surface area (Å²) in [5, 5.41) is 2.93. The summed E-state index contributed by atoms with van der Waals surface area (Å²) in [4.78, 5) is 0. The summed E-state index contributed by atoms with van der Waals surface area (Å²) < 4.78 is 26.0. The van der Waals surface area contributed by atoms with Gasteiger partial charge < -0.3 is 11.1 Å². The van der Waals surface area contributed by atoms with Gasteiger partial charge in [0, 0.05) is 23.1 Å². The van der Waals surface area contributed by atoms with Crippen molar-refractivity contribution in [2.45, 2.75) is 6.92 Å². The van der Waals surface area contributed by atoms with Gasteiger partial charge in [0.15, 0.2) is 0 Å². The summed E-state index contributed by atoms with van der Waals surface area (Å²) >= 11 is 0. The third-order valence-electron chi connectivity index (χ3n) is 2.52. The lowest BCUT2D eigenvalue weighted by Gasteiger charge is -2.11. The van der Waals surface area contributed by atoms with Gasteiger partial charge in [-0.3, -0.25) is 0 Å². The Balaban J connectivity index is 2.34. The van der Waals surface area contributed by atoms with Crippen molar-refractivity contribution in [2.75, 3.05) is 11.1 Å². The van der Waals surface area contributed by atoms with Crippen molar-refractivity contribution in [3.05, 3.63) is 53.6 Å². The highest BCUT2D eigenvalue weighted by Gasteiger charge is 2.04. The Morgan fingerprint density at radius 3 is 2.35 bits per heavy atom. The second-order valence-electron chi connectivity index (χ2n) is 3.80. The van der Waals surface area contributed by atoms with Crippen molar-refractivity contribution in [1.29, 1.82) is 0 Å². The van der Waals surface area contributed by atoms with Crippen LogP contribution in [0.3, 0.4) is 0 Å². The Kier molecular flexibility index (Phi) is 2.95. The number of halogens is 2. The number of benzene rings is 2. The lowest BCUT2D eigenvalue weighted by Crippen LogP contribution is -1.97. The van der Waals surface area contributed by atoms with Crippen LogP contribution in [0.1, 0.15) is 5.56 Å². The fourth-order valence-electron chi connectivity index (χ4n) is 1.57. The topological polar surface area (TPSA) is 38.0 Å². The van der Waals surface area contributed by atoms with Crippen molar-refractivity contribution in [3.8, 4) is 0 Å². The van der Waals surface area contributed by atoms with Gasteiger partial charge in [0.2, 0.25) is 0 Å². The van der Waals surface area contributed by atoms with E-state index in [1.165, 1.54) is 12.1 Å². The molecule has 2 aromatic rings. The highest BCUT2D eigenvalue weighted by molar-refractivity contribution is 5.69. The summed E-state index contributed by atoms with van der Waals surface area (Å²) in [6.07, 6.45) is 0. The molecule has 3 N–H and O–H groups in total. The van der Waals surface area contributed by atoms with Gasteiger partial charge in [-0.1, -0.05) is 6.07 Å². The molecule has 0 aliphatic carbocycles. The van der Waals surface area contributed by atoms with Gasteiger partial charge in [0.05, 0.1) is 0 Å². The summed E-state index contributed by atoms with van der Waals surface area (Å²) in [7, 11) is 0. The first-order chi connectivity index (χ1) is 8.06. The molecule has 0 aromatic heterocycles. The van der Waals surface area contributed by atoms with E-state index in [2.05, 4.69) is 5.32 Å². The van der Waals surface area contributed by atoms with Crippen LogP contribution in [-0.2, 0) is 0 Å². The molecule has 4 heteroatoms. The Hall–Kier alpha value is -2.10. The molecule has 0 heterocycles. The molecule has 0 aliphatic heterocycles. The van der Waals surface area contributed by atoms with Crippen LogP contribution in [0.15, 0.2) is 36.4 Å². The number of nitrogen functional groups attached to an aromatic ring is 1. The van der Waals surface area contributed by atoms with Crippen LogP contribution in [0, 0.1) is 18.6 Å². The third-order valence-corrected chi connectivity index (χ3v) is 2.52. The van der Waals surface area contributed by atoms with E-state index in [0.29, 0.717) is 11.4 Å². The zero-order valence-electron chi connectivity index (χ0n) is 9.30. The fourth-order valence-corrected chi connectivity index (χ4v) is 1.57. The van der Waals surface area contributed by atoms with Gasteiger partial charge in [-0.05, 0) is 36.8 Å². The average molecular weight is 234 g/mol. The summed E-state index contributed by atoms with van der Waals surface area (Å²) in [5.41, 5.74) is 8.31. The molecule has 0 unspecified atom stereocenters. The third kappa shape index (κ3) is 2.53. The predicted octanol–water partition coefficient (Wildman–Crippen LogP) is 3.60. The molecule has 0 saturated heterocycles. The molecule has 2 aromatic carbocycles. The standard InChI is InChI=1S/C13H12F2N2/c1-8-12(16)3-2-4-13(8)17-11-6-9(14)5-10(15)7-11/h2-7,17H,16H2,1H3. The number of nitrogens with two attached hydrogens (primary N) is 1. The zero-order valence-corrected chi connectivity index (χ0v) is 9.30. The van der Waals surface area contributed by atoms with Crippen LogP contribution >= 0.6 is 0 Å². The SMILES string of the molecule is Cc1c(N)cccc1Nc1cc(F)cc(F)c1. The molecular formula is C13H12F2N2. The van der Waals surface area contributed by atoms with Crippen LogP contribution in [0.4, 0.5) is 25.8 Å². The lowest BCUT2D eigenvalue weighted by molar-refractivity contribution is 0.584. The minimum absolute atomic E-state index is 0.358. The highest BCUT2D eigenvalue weighted by Crippen LogP contribution is 2.25. The molecule has 2 rings (SSSR count). The molecule has 17 heavy (non-hydrogen) atoms. The Labute approximate surface area is 98.1 Å². The van der Waals surface area contributed by atoms with E-state index in [4.69, 9.17) is 5.73 Å². The van der Waals surface area contributed by atoms with Crippen molar-refractivity contribution < 1.29 is 8.78 Å². The fraction of sp³-hybridized carbons (Fsp3) is 0.0769. The number of anilines is 3. The van der Waals surface area contributed by atoms with Crippen molar-refractivity contribution in [1.82, 2.24) is 0 Å². The second-order valence-corrected chi connectivity index (χ2v) is 3.80. The van der Waals surface area contributed by atoms with Gasteiger partial charge >= 0.3 is 0 Å². The normalized spacial score (nSPS) is 10.3. The molecular weight excluding hydrogens is 222 g/mol. The minimum Gasteiger partial charge on any atom is -0.398 e. The molecule has 0 spiro atoms. The first-order valence-electron chi connectivity index (χ1n) is 5.14. The summed E-state index contributed by atoms with van der Waals surface area (Å²) in [6, 6.07) is 8.64. The smallest absolute Gasteiger partial charge is 0.128 e. The monoisotopic (exact) mass is 234 g/mol. The second kappa shape index (κ2) is 4.41. The first kappa shape index (κ1) is 11.4. The number of nitrogens with one attached hydrogen (secondary N) is 1. The van der Waals surface area contributed by atoms with Crippen molar-refractivity contribution in [3.63, 3.8) is 0 Å². The molecule has 88 valence electrons. The number of rotatable bonds is 2. The van der Waals surface area contributed by atoms with E-state index in [-0.39, 0.29) is 0 Å². The Bertz CT molecular complexity index is 533. The maximum absolute atomic E-state index is 13.0. The minimum atomic E-state index is -0.617. The first-order valence-corrected chi connectivity index (χ1v) is 5.14. The molecule has 2 nitrogen and oxygen atoms in total.